The van der Waals surface area contributed by atoms with Gasteiger partial charge >= 0.3 is 0 Å². The Kier molecular flexibility index (Phi) is 5.41. The van der Waals surface area contributed by atoms with Gasteiger partial charge in [-0.3, -0.25) is 9.59 Å². The van der Waals surface area contributed by atoms with Crippen molar-refractivity contribution in [1.82, 2.24) is 14.8 Å². The van der Waals surface area contributed by atoms with Gasteiger partial charge in [0.25, 0.3) is 5.91 Å². The third-order valence-corrected chi connectivity index (χ3v) is 2.60. The third-order valence-electron chi connectivity index (χ3n) is 2.60. The van der Waals surface area contributed by atoms with Crippen molar-refractivity contribution < 1.29 is 14.0 Å². The number of carbonyl (C=O) groups excluding carboxylic acids is 2. The van der Waals surface area contributed by atoms with E-state index in [0.717, 1.165) is 0 Å². The summed E-state index contributed by atoms with van der Waals surface area (Å²) in [5, 5.41) is 0. The molecule has 104 valence electrons. The summed E-state index contributed by atoms with van der Waals surface area (Å²) in [7, 11) is 3.23. The highest BCUT2D eigenvalue weighted by Crippen LogP contribution is 2.08. The van der Waals surface area contributed by atoms with Gasteiger partial charge in [-0.2, -0.15) is 4.39 Å². The molecule has 0 radical (unpaired) electrons. The predicted molar refractivity (Wildman–Crippen MR) is 69.1 cm³/mol. The lowest BCUT2D eigenvalue weighted by Crippen LogP contribution is -2.41. The van der Waals surface area contributed by atoms with Crippen LogP contribution >= 0.6 is 0 Å². The number of aromatic nitrogens is 1. The molecule has 0 saturated carbocycles. The summed E-state index contributed by atoms with van der Waals surface area (Å²) in [5.41, 5.74) is -0.109. The highest BCUT2D eigenvalue weighted by molar-refractivity contribution is 5.96. The van der Waals surface area contributed by atoms with Crippen LogP contribution in [0.3, 0.4) is 0 Å². The quantitative estimate of drug-likeness (QED) is 0.752. The lowest BCUT2D eigenvalue weighted by atomic mass is 10.2. The van der Waals surface area contributed by atoms with Crippen LogP contribution in [-0.4, -0.2) is 53.8 Å². The number of rotatable bonds is 5. The SMILES string of the molecule is CCCN(CC(=O)N(C)C)C(=O)c1cccnc1F. The minimum absolute atomic E-state index is 0.0615. The van der Waals surface area contributed by atoms with Crippen molar-refractivity contribution in [2.75, 3.05) is 27.2 Å². The van der Waals surface area contributed by atoms with Gasteiger partial charge in [0.1, 0.15) is 6.54 Å². The smallest absolute Gasteiger partial charge is 0.258 e. The maximum absolute atomic E-state index is 13.5. The van der Waals surface area contributed by atoms with Gasteiger partial charge in [0.15, 0.2) is 0 Å². The van der Waals surface area contributed by atoms with Crippen LogP contribution < -0.4 is 0 Å². The van der Waals surface area contributed by atoms with Crippen LogP contribution in [0.15, 0.2) is 18.3 Å². The maximum Gasteiger partial charge on any atom is 0.258 e. The zero-order valence-electron chi connectivity index (χ0n) is 11.4. The van der Waals surface area contributed by atoms with Gasteiger partial charge in [-0.05, 0) is 18.6 Å². The first-order valence-electron chi connectivity index (χ1n) is 6.07. The van der Waals surface area contributed by atoms with Crippen molar-refractivity contribution in [2.45, 2.75) is 13.3 Å². The van der Waals surface area contributed by atoms with Gasteiger partial charge in [-0.15, -0.1) is 0 Å². The number of hydrogen-bond acceptors (Lipinski definition) is 3. The molecule has 0 unspecified atom stereocenters. The van der Waals surface area contributed by atoms with E-state index in [1.165, 1.54) is 28.1 Å². The molecule has 0 aromatic carbocycles. The van der Waals surface area contributed by atoms with E-state index in [2.05, 4.69) is 4.98 Å². The largest absolute Gasteiger partial charge is 0.347 e. The van der Waals surface area contributed by atoms with Gasteiger partial charge in [0.2, 0.25) is 11.9 Å². The van der Waals surface area contributed by atoms with Crippen molar-refractivity contribution in [1.29, 1.82) is 0 Å². The Hall–Kier alpha value is -1.98. The lowest BCUT2D eigenvalue weighted by Gasteiger charge is -2.23. The molecule has 2 amide bonds. The molecule has 1 rings (SSSR count). The second-order valence-corrected chi connectivity index (χ2v) is 4.36. The molecule has 0 bridgehead atoms. The van der Waals surface area contributed by atoms with Gasteiger partial charge in [0.05, 0.1) is 5.56 Å². The molecule has 1 aromatic heterocycles. The number of nitrogens with zero attached hydrogens (tertiary/aromatic N) is 3. The first-order chi connectivity index (χ1) is 8.97. The molecule has 1 aromatic rings. The second kappa shape index (κ2) is 6.82. The molecule has 0 aliphatic heterocycles. The normalized spacial score (nSPS) is 10.1. The van der Waals surface area contributed by atoms with Crippen molar-refractivity contribution in [2.24, 2.45) is 0 Å². The fourth-order valence-electron chi connectivity index (χ4n) is 1.54. The summed E-state index contributed by atoms with van der Waals surface area (Å²) in [5.74, 6) is -1.53. The van der Waals surface area contributed by atoms with Crippen LogP contribution in [-0.2, 0) is 4.79 Å². The third kappa shape index (κ3) is 4.01. The first kappa shape index (κ1) is 15.1. The van der Waals surface area contributed by atoms with Crippen molar-refractivity contribution in [3.63, 3.8) is 0 Å². The summed E-state index contributed by atoms with van der Waals surface area (Å²) in [6.07, 6.45) is 1.97. The van der Waals surface area contributed by atoms with E-state index in [-0.39, 0.29) is 18.0 Å². The number of hydrogen-bond donors (Lipinski definition) is 0. The Morgan fingerprint density at radius 2 is 2.05 bits per heavy atom. The Balaban J connectivity index is 2.90. The minimum Gasteiger partial charge on any atom is -0.347 e. The number of likely N-dealkylation sites (N-methyl/N-ethyl adjacent to an activating group) is 1. The molecular formula is C13H18FN3O2. The number of halogens is 1. The average Bonchev–Trinajstić information content (AvgIpc) is 2.37. The molecule has 1 heterocycles. The van der Waals surface area contributed by atoms with E-state index in [4.69, 9.17) is 0 Å². The standard InChI is InChI=1S/C13H18FN3O2/c1-4-8-17(9-11(18)16(2)3)13(19)10-6-5-7-15-12(10)14/h5-7H,4,8-9H2,1-3H3. The summed E-state index contributed by atoms with van der Waals surface area (Å²) < 4.78 is 13.5. The number of amides is 2. The molecule has 0 aliphatic carbocycles. The minimum atomic E-state index is -0.814. The van der Waals surface area contributed by atoms with Crippen LogP contribution in [0.1, 0.15) is 23.7 Å². The highest BCUT2D eigenvalue weighted by Gasteiger charge is 2.21. The predicted octanol–water partition coefficient (Wildman–Crippen LogP) is 1.16. The van der Waals surface area contributed by atoms with Crippen LogP contribution in [0.2, 0.25) is 0 Å². The molecule has 0 N–H and O–H groups in total. The fourth-order valence-corrected chi connectivity index (χ4v) is 1.54. The topological polar surface area (TPSA) is 53.5 Å². The van der Waals surface area contributed by atoms with Gasteiger partial charge in [-0.1, -0.05) is 6.92 Å². The summed E-state index contributed by atoms with van der Waals surface area (Å²) in [6.45, 7) is 2.22. The molecule has 0 spiro atoms. The second-order valence-electron chi connectivity index (χ2n) is 4.36. The van der Waals surface area contributed by atoms with Crippen molar-refractivity contribution in [3.05, 3.63) is 29.8 Å². The highest BCUT2D eigenvalue weighted by atomic mass is 19.1. The van der Waals surface area contributed by atoms with E-state index in [1.807, 2.05) is 6.92 Å². The van der Waals surface area contributed by atoms with Crippen LogP contribution in [0, 0.1) is 5.95 Å². The van der Waals surface area contributed by atoms with Crippen molar-refractivity contribution >= 4 is 11.8 Å². The number of carbonyl (C=O) groups is 2. The zero-order valence-corrected chi connectivity index (χ0v) is 11.4. The summed E-state index contributed by atoms with van der Waals surface area (Å²) in [6, 6.07) is 2.86. The summed E-state index contributed by atoms with van der Waals surface area (Å²) >= 11 is 0. The molecule has 5 nitrogen and oxygen atoms in total. The average molecular weight is 267 g/mol. The lowest BCUT2D eigenvalue weighted by molar-refractivity contribution is -0.129. The monoisotopic (exact) mass is 267 g/mol. The number of pyridine rings is 1. The van der Waals surface area contributed by atoms with Crippen LogP contribution in [0.25, 0.3) is 0 Å². The molecule has 19 heavy (non-hydrogen) atoms. The molecule has 0 aliphatic rings. The van der Waals surface area contributed by atoms with Crippen LogP contribution in [0.5, 0.6) is 0 Å². The Bertz CT molecular complexity index is 463. The molecular weight excluding hydrogens is 249 g/mol. The van der Waals surface area contributed by atoms with E-state index >= 15 is 0 Å². The van der Waals surface area contributed by atoms with E-state index in [0.29, 0.717) is 13.0 Å². The summed E-state index contributed by atoms with van der Waals surface area (Å²) in [4.78, 5) is 30.0. The zero-order chi connectivity index (χ0) is 14.4. The Morgan fingerprint density at radius 3 is 2.58 bits per heavy atom. The van der Waals surface area contributed by atoms with E-state index < -0.39 is 11.9 Å². The molecule has 0 fully saturated rings. The molecule has 6 heteroatoms. The van der Waals surface area contributed by atoms with Gasteiger partial charge in [0, 0.05) is 26.8 Å². The van der Waals surface area contributed by atoms with Gasteiger partial charge < -0.3 is 9.80 Å². The van der Waals surface area contributed by atoms with Crippen molar-refractivity contribution in [3.8, 4) is 0 Å². The maximum atomic E-state index is 13.5. The van der Waals surface area contributed by atoms with Crippen LogP contribution in [0.4, 0.5) is 4.39 Å². The van der Waals surface area contributed by atoms with Gasteiger partial charge in [-0.25, -0.2) is 4.98 Å². The van der Waals surface area contributed by atoms with E-state index in [1.54, 1.807) is 14.1 Å². The first-order valence-corrected chi connectivity index (χ1v) is 6.07. The fraction of sp³-hybridized carbons (Fsp3) is 0.462. The molecule has 0 atom stereocenters. The Labute approximate surface area is 112 Å². The Morgan fingerprint density at radius 1 is 1.37 bits per heavy atom. The van der Waals surface area contributed by atoms with E-state index in [9.17, 15) is 14.0 Å². The molecule has 0 saturated heterocycles.